The summed E-state index contributed by atoms with van der Waals surface area (Å²) in [5, 5.41) is 0.840. The van der Waals surface area contributed by atoms with Crippen molar-refractivity contribution in [3.63, 3.8) is 0 Å². The highest BCUT2D eigenvalue weighted by Gasteiger charge is 2.27. The van der Waals surface area contributed by atoms with Gasteiger partial charge >= 0.3 is 0 Å². The van der Waals surface area contributed by atoms with Crippen LogP contribution in [0.4, 0.5) is 5.13 Å². The molecule has 1 aliphatic rings. The molecule has 184 valence electrons. The lowest BCUT2D eigenvalue weighted by molar-refractivity contribution is 0.0746. The molecule has 9 heteroatoms. The predicted octanol–water partition coefficient (Wildman–Crippen LogP) is 4.63. The maximum Gasteiger partial charge on any atom is 0.254 e. The van der Waals surface area contributed by atoms with Gasteiger partial charge in [-0.2, -0.15) is 9.36 Å². The zero-order valence-corrected chi connectivity index (χ0v) is 22.1. The fraction of sp³-hybridized carbons (Fsp3) is 0.346. The van der Waals surface area contributed by atoms with Crippen LogP contribution in [0.5, 0.6) is 0 Å². The first-order valence-corrected chi connectivity index (χ1v) is 14.3. The molecule has 1 amide bonds. The third-order valence-electron chi connectivity index (χ3n) is 6.18. The molecule has 1 fully saturated rings. The number of nitrogens with zero attached hydrogens (tertiary/aromatic N) is 4. The maximum absolute atomic E-state index is 13.6. The Balaban J connectivity index is 1.55. The molecule has 0 bridgehead atoms. The summed E-state index contributed by atoms with van der Waals surface area (Å²) in [6.45, 7) is 8.40. The number of rotatable bonds is 6. The SMILES string of the molecule is C/C=C(/c1ccc(S(C)(=O)=O)cc1C(=O)N1CCN(c2nc(-c3ccccc3)ns2)CC1)C(C)C. The topological polar surface area (TPSA) is 83.5 Å². The Kier molecular flexibility index (Phi) is 7.37. The second-order valence-electron chi connectivity index (χ2n) is 8.92. The Bertz CT molecular complexity index is 1340. The van der Waals surface area contributed by atoms with Gasteiger partial charge in [0.25, 0.3) is 5.91 Å². The first-order chi connectivity index (χ1) is 16.7. The minimum absolute atomic E-state index is 0.146. The number of aromatic nitrogens is 2. The fourth-order valence-electron chi connectivity index (χ4n) is 4.30. The number of hydrogen-bond donors (Lipinski definition) is 0. The number of hydrogen-bond acceptors (Lipinski definition) is 7. The average molecular weight is 511 g/mol. The van der Waals surface area contributed by atoms with Crippen molar-refractivity contribution in [3.05, 3.63) is 65.7 Å². The molecule has 1 saturated heterocycles. The molecule has 4 rings (SSSR count). The van der Waals surface area contributed by atoms with Gasteiger partial charge in [-0.15, -0.1) is 0 Å². The van der Waals surface area contributed by atoms with E-state index in [1.165, 1.54) is 23.9 Å². The van der Waals surface area contributed by atoms with Gasteiger partial charge < -0.3 is 9.80 Å². The van der Waals surface area contributed by atoms with E-state index in [1.807, 2.05) is 43.3 Å². The van der Waals surface area contributed by atoms with Gasteiger partial charge in [0, 0.05) is 55.1 Å². The van der Waals surface area contributed by atoms with Gasteiger partial charge in [-0.1, -0.05) is 56.3 Å². The van der Waals surface area contributed by atoms with Crippen LogP contribution in [0.15, 0.2) is 59.5 Å². The Morgan fingerprint density at radius 3 is 2.31 bits per heavy atom. The normalized spacial score (nSPS) is 15.1. The third-order valence-corrected chi connectivity index (χ3v) is 8.07. The number of amides is 1. The fourth-order valence-corrected chi connectivity index (χ4v) is 5.69. The van der Waals surface area contributed by atoms with Crippen molar-refractivity contribution in [3.8, 4) is 11.4 Å². The summed E-state index contributed by atoms with van der Waals surface area (Å²) in [6.07, 6.45) is 3.16. The Morgan fingerprint density at radius 1 is 1.03 bits per heavy atom. The van der Waals surface area contributed by atoms with E-state index >= 15 is 0 Å². The number of sulfone groups is 1. The van der Waals surface area contributed by atoms with E-state index < -0.39 is 9.84 Å². The number of piperazine rings is 1. The van der Waals surface area contributed by atoms with Gasteiger partial charge in [0.15, 0.2) is 15.7 Å². The molecule has 2 aromatic carbocycles. The average Bonchev–Trinajstić information content (AvgIpc) is 3.34. The van der Waals surface area contributed by atoms with Gasteiger partial charge in [0.2, 0.25) is 5.13 Å². The number of anilines is 1. The first kappa shape index (κ1) is 25.1. The molecule has 7 nitrogen and oxygen atoms in total. The third kappa shape index (κ3) is 5.46. The van der Waals surface area contributed by atoms with Crippen molar-refractivity contribution >= 4 is 38.0 Å². The molecule has 0 spiro atoms. The Labute approximate surface area is 211 Å². The van der Waals surface area contributed by atoms with E-state index in [1.54, 1.807) is 17.0 Å². The molecule has 0 unspecified atom stereocenters. The van der Waals surface area contributed by atoms with Crippen LogP contribution in [0.1, 0.15) is 36.7 Å². The van der Waals surface area contributed by atoms with Crippen LogP contribution < -0.4 is 4.90 Å². The summed E-state index contributed by atoms with van der Waals surface area (Å²) >= 11 is 1.36. The Morgan fingerprint density at radius 2 is 1.71 bits per heavy atom. The second-order valence-corrected chi connectivity index (χ2v) is 11.7. The van der Waals surface area contributed by atoms with Crippen molar-refractivity contribution in [2.75, 3.05) is 37.3 Å². The molecule has 1 aliphatic heterocycles. The molecular weight excluding hydrogens is 480 g/mol. The van der Waals surface area contributed by atoms with E-state index in [0.717, 1.165) is 21.8 Å². The number of carbonyl (C=O) groups excluding carboxylic acids is 1. The van der Waals surface area contributed by atoms with E-state index in [9.17, 15) is 13.2 Å². The largest absolute Gasteiger partial charge is 0.343 e. The lowest BCUT2D eigenvalue weighted by Crippen LogP contribution is -2.49. The molecule has 35 heavy (non-hydrogen) atoms. The van der Waals surface area contributed by atoms with Crippen molar-refractivity contribution in [1.82, 2.24) is 14.3 Å². The minimum Gasteiger partial charge on any atom is -0.343 e. The van der Waals surface area contributed by atoms with Crippen LogP contribution >= 0.6 is 11.5 Å². The summed E-state index contributed by atoms with van der Waals surface area (Å²) in [7, 11) is -3.44. The van der Waals surface area contributed by atoms with E-state index in [4.69, 9.17) is 4.98 Å². The molecule has 0 radical (unpaired) electrons. The number of carbonyl (C=O) groups is 1. The van der Waals surface area contributed by atoms with E-state index in [2.05, 4.69) is 23.1 Å². The lowest BCUT2D eigenvalue weighted by Gasteiger charge is -2.35. The zero-order chi connectivity index (χ0) is 25.2. The lowest BCUT2D eigenvalue weighted by atomic mass is 9.91. The van der Waals surface area contributed by atoms with Crippen molar-refractivity contribution in [2.45, 2.75) is 25.7 Å². The summed E-state index contributed by atoms with van der Waals surface area (Å²) in [6, 6.07) is 14.7. The van der Waals surface area contributed by atoms with Crippen LogP contribution in [0.25, 0.3) is 17.0 Å². The van der Waals surface area contributed by atoms with Crippen LogP contribution in [-0.2, 0) is 9.84 Å². The van der Waals surface area contributed by atoms with Crippen molar-refractivity contribution < 1.29 is 13.2 Å². The predicted molar refractivity (Wildman–Crippen MR) is 142 cm³/mol. The highest BCUT2D eigenvalue weighted by Crippen LogP contribution is 2.30. The molecule has 0 aliphatic carbocycles. The second kappa shape index (κ2) is 10.3. The first-order valence-electron chi connectivity index (χ1n) is 11.6. The molecule has 0 N–H and O–H groups in total. The molecular formula is C26H30N4O3S2. The molecule has 1 aromatic heterocycles. The van der Waals surface area contributed by atoms with Gasteiger partial charge in [-0.3, -0.25) is 4.79 Å². The van der Waals surface area contributed by atoms with Crippen molar-refractivity contribution in [1.29, 1.82) is 0 Å². The highest BCUT2D eigenvalue weighted by molar-refractivity contribution is 7.90. The zero-order valence-electron chi connectivity index (χ0n) is 20.4. The van der Waals surface area contributed by atoms with Gasteiger partial charge in [-0.25, -0.2) is 8.42 Å². The molecule has 3 aromatic rings. The monoisotopic (exact) mass is 510 g/mol. The number of benzene rings is 2. The summed E-state index contributed by atoms with van der Waals surface area (Å²) in [5.74, 6) is 0.759. The van der Waals surface area contributed by atoms with Gasteiger partial charge in [0.05, 0.1) is 4.90 Å². The highest BCUT2D eigenvalue weighted by atomic mass is 32.2. The smallest absolute Gasteiger partial charge is 0.254 e. The maximum atomic E-state index is 13.6. The quantitative estimate of drug-likeness (QED) is 0.481. The van der Waals surface area contributed by atoms with E-state index in [0.29, 0.717) is 37.6 Å². The minimum atomic E-state index is -3.44. The van der Waals surface area contributed by atoms with Crippen LogP contribution in [0.3, 0.4) is 0 Å². The molecule has 0 atom stereocenters. The van der Waals surface area contributed by atoms with Gasteiger partial charge in [-0.05, 0) is 36.1 Å². The van der Waals surface area contributed by atoms with E-state index in [-0.39, 0.29) is 16.7 Å². The van der Waals surface area contributed by atoms with Crippen molar-refractivity contribution in [2.24, 2.45) is 5.92 Å². The Hall–Kier alpha value is -3.04. The summed E-state index contributed by atoms with van der Waals surface area (Å²) < 4.78 is 28.9. The molecule has 2 heterocycles. The molecule has 0 saturated carbocycles. The summed E-state index contributed by atoms with van der Waals surface area (Å²) in [5.41, 5.74) is 3.23. The van der Waals surface area contributed by atoms with Crippen LogP contribution in [0.2, 0.25) is 0 Å². The number of allylic oxidation sites excluding steroid dienone is 2. The van der Waals surface area contributed by atoms with Crippen LogP contribution in [0, 0.1) is 5.92 Å². The standard InChI is InChI=1S/C26H30N4O3S2/c1-5-21(18(2)3)22-12-11-20(35(4,32)33)17-23(22)25(31)29-13-15-30(16-14-29)26-27-24(28-34-26)19-9-7-6-8-10-19/h5-12,17-18H,13-16H2,1-4H3/b21-5+. The van der Waals surface area contributed by atoms with Crippen LogP contribution in [-0.4, -0.2) is 61.0 Å². The van der Waals surface area contributed by atoms with Gasteiger partial charge in [0.1, 0.15) is 0 Å². The summed E-state index contributed by atoms with van der Waals surface area (Å²) in [4.78, 5) is 22.4.